The van der Waals surface area contributed by atoms with Gasteiger partial charge in [0.25, 0.3) is 0 Å². The van der Waals surface area contributed by atoms with Crippen LogP contribution in [0, 0.1) is 0 Å². The molecule has 1 N–H and O–H groups in total. The second kappa shape index (κ2) is 9.59. The van der Waals surface area contributed by atoms with Crippen LogP contribution in [-0.2, 0) is 11.3 Å². The third-order valence-corrected chi connectivity index (χ3v) is 4.38. The van der Waals surface area contributed by atoms with Gasteiger partial charge < -0.3 is 10.1 Å². The number of rotatable bonds is 8. The van der Waals surface area contributed by atoms with E-state index in [9.17, 15) is 4.79 Å². The average Bonchev–Trinajstić information content (AvgIpc) is 2.57. The highest BCUT2D eigenvalue weighted by Crippen LogP contribution is 2.16. The molecule has 0 unspecified atom stereocenters. The first-order chi connectivity index (χ1) is 12.0. The van der Waals surface area contributed by atoms with Crippen LogP contribution >= 0.6 is 15.9 Å². The molecule has 0 aliphatic rings. The van der Waals surface area contributed by atoms with Crippen molar-refractivity contribution < 1.29 is 9.53 Å². The molecule has 5 heteroatoms. The van der Waals surface area contributed by atoms with Gasteiger partial charge >= 0.3 is 0 Å². The Morgan fingerprint density at radius 3 is 2.40 bits per heavy atom. The molecule has 0 spiro atoms. The Balaban J connectivity index is 1.81. The summed E-state index contributed by atoms with van der Waals surface area (Å²) in [5.41, 5.74) is 2.24. The van der Waals surface area contributed by atoms with Crippen molar-refractivity contribution in [3.8, 4) is 5.75 Å². The van der Waals surface area contributed by atoms with Crippen LogP contribution in [0.1, 0.15) is 31.0 Å². The first-order valence-electron chi connectivity index (χ1n) is 8.43. The lowest BCUT2D eigenvalue weighted by atomic mass is 10.1. The Morgan fingerprint density at radius 1 is 1.16 bits per heavy atom. The third-order valence-electron chi connectivity index (χ3n) is 3.85. The van der Waals surface area contributed by atoms with E-state index in [4.69, 9.17) is 4.74 Å². The van der Waals surface area contributed by atoms with E-state index >= 15 is 0 Å². The van der Waals surface area contributed by atoms with Gasteiger partial charge in [-0.2, -0.15) is 0 Å². The molecular formula is C20H25BrN2O2. The van der Waals surface area contributed by atoms with Gasteiger partial charge in [0.2, 0.25) is 5.91 Å². The van der Waals surface area contributed by atoms with Crippen molar-refractivity contribution in [2.24, 2.45) is 0 Å². The molecule has 0 aromatic heterocycles. The summed E-state index contributed by atoms with van der Waals surface area (Å²) in [5.74, 6) is 0.888. The van der Waals surface area contributed by atoms with Crippen LogP contribution in [0.5, 0.6) is 5.75 Å². The SMILES string of the molecule is CCOc1ccc(CN(C)CC(=O)N[C@H](C)c2ccc(Br)cc2)cc1. The summed E-state index contributed by atoms with van der Waals surface area (Å²) >= 11 is 3.42. The maximum absolute atomic E-state index is 12.3. The third kappa shape index (κ3) is 6.52. The van der Waals surface area contributed by atoms with Crippen molar-refractivity contribution in [3.05, 3.63) is 64.1 Å². The number of amides is 1. The predicted octanol–water partition coefficient (Wildman–Crippen LogP) is 4.16. The van der Waals surface area contributed by atoms with Gasteiger partial charge in [-0.3, -0.25) is 9.69 Å². The molecule has 0 aliphatic carbocycles. The van der Waals surface area contributed by atoms with E-state index in [0.29, 0.717) is 19.7 Å². The smallest absolute Gasteiger partial charge is 0.234 e. The standard InChI is InChI=1S/C20H25BrN2O2/c1-4-25-19-11-5-16(6-12-19)13-23(3)14-20(24)22-15(2)17-7-9-18(21)10-8-17/h5-12,15H,4,13-14H2,1-3H3,(H,22,24)/t15-/m1/s1. The van der Waals surface area contributed by atoms with Crippen molar-refractivity contribution in [1.29, 1.82) is 0 Å². The van der Waals surface area contributed by atoms with E-state index in [1.54, 1.807) is 0 Å². The molecule has 0 saturated heterocycles. The van der Waals surface area contributed by atoms with Gasteiger partial charge in [-0.15, -0.1) is 0 Å². The zero-order chi connectivity index (χ0) is 18.2. The molecular weight excluding hydrogens is 380 g/mol. The summed E-state index contributed by atoms with van der Waals surface area (Å²) < 4.78 is 6.48. The molecule has 0 aliphatic heterocycles. The van der Waals surface area contributed by atoms with Gasteiger partial charge in [0.15, 0.2) is 0 Å². The van der Waals surface area contributed by atoms with E-state index < -0.39 is 0 Å². The number of carbonyl (C=O) groups is 1. The zero-order valence-electron chi connectivity index (χ0n) is 15.0. The minimum absolute atomic E-state index is 0.0144. The summed E-state index contributed by atoms with van der Waals surface area (Å²) in [6, 6.07) is 16.0. The number of nitrogens with zero attached hydrogens (tertiary/aromatic N) is 1. The Hall–Kier alpha value is -1.85. The first-order valence-corrected chi connectivity index (χ1v) is 9.22. The quantitative estimate of drug-likeness (QED) is 0.717. The molecule has 4 nitrogen and oxygen atoms in total. The van der Waals surface area contributed by atoms with Crippen LogP contribution in [0.4, 0.5) is 0 Å². The number of hydrogen-bond donors (Lipinski definition) is 1. The zero-order valence-corrected chi connectivity index (χ0v) is 16.5. The number of benzene rings is 2. The fourth-order valence-electron chi connectivity index (χ4n) is 2.59. The minimum Gasteiger partial charge on any atom is -0.494 e. The van der Waals surface area contributed by atoms with Crippen LogP contribution in [0.2, 0.25) is 0 Å². The molecule has 2 aromatic rings. The summed E-state index contributed by atoms with van der Waals surface area (Å²) in [7, 11) is 1.94. The highest BCUT2D eigenvalue weighted by molar-refractivity contribution is 9.10. The van der Waals surface area contributed by atoms with Gasteiger partial charge in [-0.1, -0.05) is 40.2 Å². The van der Waals surface area contributed by atoms with E-state index in [2.05, 4.69) is 21.2 Å². The summed E-state index contributed by atoms with van der Waals surface area (Å²) in [6.45, 7) is 5.69. The fourth-order valence-corrected chi connectivity index (χ4v) is 2.86. The highest BCUT2D eigenvalue weighted by Gasteiger charge is 2.12. The van der Waals surface area contributed by atoms with Crippen molar-refractivity contribution in [2.45, 2.75) is 26.4 Å². The predicted molar refractivity (Wildman–Crippen MR) is 105 cm³/mol. The Labute approximate surface area is 158 Å². The molecule has 25 heavy (non-hydrogen) atoms. The molecule has 2 rings (SSSR count). The Kier molecular flexibility index (Phi) is 7.47. The topological polar surface area (TPSA) is 41.6 Å². The lowest BCUT2D eigenvalue weighted by Crippen LogP contribution is -2.36. The van der Waals surface area contributed by atoms with Crippen molar-refractivity contribution in [3.63, 3.8) is 0 Å². The molecule has 2 aromatic carbocycles. The largest absolute Gasteiger partial charge is 0.494 e. The van der Waals surface area contributed by atoms with Crippen LogP contribution in [0.15, 0.2) is 53.0 Å². The number of halogens is 1. The fraction of sp³-hybridized carbons (Fsp3) is 0.350. The molecule has 0 saturated carbocycles. The number of likely N-dealkylation sites (N-methyl/N-ethyl adjacent to an activating group) is 1. The molecule has 134 valence electrons. The van der Waals surface area contributed by atoms with E-state index in [1.165, 1.54) is 0 Å². The van der Waals surface area contributed by atoms with Gasteiger partial charge in [0.1, 0.15) is 5.75 Å². The molecule has 0 radical (unpaired) electrons. The minimum atomic E-state index is -0.0144. The molecule has 0 bridgehead atoms. The van der Waals surface area contributed by atoms with Gasteiger partial charge in [-0.05, 0) is 56.3 Å². The molecule has 1 atom stereocenters. The number of nitrogens with one attached hydrogen (secondary N) is 1. The van der Waals surface area contributed by atoms with Gasteiger partial charge in [-0.25, -0.2) is 0 Å². The first kappa shape index (κ1) is 19.5. The van der Waals surface area contributed by atoms with Crippen molar-refractivity contribution in [2.75, 3.05) is 20.2 Å². The number of carbonyl (C=O) groups excluding carboxylic acids is 1. The van der Waals surface area contributed by atoms with E-state index in [0.717, 1.165) is 21.3 Å². The highest BCUT2D eigenvalue weighted by atomic mass is 79.9. The molecule has 0 heterocycles. The van der Waals surface area contributed by atoms with Gasteiger partial charge in [0, 0.05) is 11.0 Å². The normalized spacial score (nSPS) is 12.0. The second-order valence-corrected chi connectivity index (χ2v) is 7.01. The Bertz CT molecular complexity index is 671. The molecule has 0 fully saturated rings. The Morgan fingerprint density at radius 2 is 1.80 bits per heavy atom. The summed E-state index contributed by atoms with van der Waals surface area (Å²) in [5, 5.41) is 3.04. The maximum Gasteiger partial charge on any atom is 0.234 e. The van der Waals surface area contributed by atoms with Crippen LogP contribution in [0.25, 0.3) is 0 Å². The van der Waals surface area contributed by atoms with E-state index in [-0.39, 0.29) is 11.9 Å². The second-order valence-electron chi connectivity index (χ2n) is 6.09. The average molecular weight is 405 g/mol. The molecule has 1 amide bonds. The number of ether oxygens (including phenoxy) is 1. The van der Waals surface area contributed by atoms with E-state index in [1.807, 2.05) is 74.3 Å². The summed E-state index contributed by atoms with van der Waals surface area (Å²) in [6.07, 6.45) is 0. The lowest BCUT2D eigenvalue weighted by Gasteiger charge is -2.19. The van der Waals surface area contributed by atoms with Crippen molar-refractivity contribution >= 4 is 21.8 Å². The van der Waals surface area contributed by atoms with Crippen molar-refractivity contribution in [1.82, 2.24) is 10.2 Å². The van der Waals surface area contributed by atoms with Gasteiger partial charge in [0.05, 0.1) is 19.2 Å². The van der Waals surface area contributed by atoms with Crippen LogP contribution < -0.4 is 10.1 Å². The lowest BCUT2D eigenvalue weighted by molar-refractivity contribution is -0.122. The number of hydrogen-bond acceptors (Lipinski definition) is 3. The van der Waals surface area contributed by atoms with Crippen LogP contribution in [0.3, 0.4) is 0 Å². The maximum atomic E-state index is 12.3. The monoisotopic (exact) mass is 404 g/mol. The van der Waals surface area contributed by atoms with Crippen LogP contribution in [-0.4, -0.2) is 31.0 Å². The summed E-state index contributed by atoms with van der Waals surface area (Å²) in [4.78, 5) is 14.3.